The number of rotatable bonds is 3. The smallest absolute Gasteiger partial charge is 0.104 e. The molecule has 92 valence electrons. The van der Waals surface area contributed by atoms with Crippen molar-refractivity contribution in [1.29, 1.82) is 0 Å². The normalized spacial score (nSPS) is 23.4. The molecule has 0 amide bonds. The molecule has 1 heterocycles. The van der Waals surface area contributed by atoms with E-state index >= 15 is 0 Å². The molecule has 0 bridgehead atoms. The van der Waals surface area contributed by atoms with E-state index in [1.165, 1.54) is 32.1 Å². The van der Waals surface area contributed by atoms with Crippen LogP contribution in [0.15, 0.2) is 0 Å². The van der Waals surface area contributed by atoms with Gasteiger partial charge >= 0.3 is 0 Å². The number of thiocarbonyl (C=S) groups is 1. The molecule has 0 aromatic carbocycles. The van der Waals surface area contributed by atoms with Gasteiger partial charge in [-0.2, -0.15) is 0 Å². The number of nitrogens with zero attached hydrogens (tertiary/aromatic N) is 1. The molecule has 1 saturated carbocycles. The largest absolute Gasteiger partial charge is 0.371 e. The van der Waals surface area contributed by atoms with Gasteiger partial charge in [0.2, 0.25) is 0 Å². The van der Waals surface area contributed by atoms with Crippen molar-refractivity contribution in [3.05, 3.63) is 0 Å². The van der Waals surface area contributed by atoms with Crippen molar-refractivity contribution in [2.75, 3.05) is 32.8 Å². The lowest BCUT2D eigenvalue weighted by Gasteiger charge is -2.31. The third-order valence-corrected chi connectivity index (χ3v) is 3.84. The van der Waals surface area contributed by atoms with Crippen molar-refractivity contribution in [3.63, 3.8) is 0 Å². The maximum atomic E-state index is 5.89. The zero-order chi connectivity index (χ0) is 11.2. The highest BCUT2D eigenvalue weighted by Crippen LogP contribution is 2.20. The van der Waals surface area contributed by atoms with Crippen LogP contribution >= 0.6 is 12.2 Å². The van der Waals surface area contributed by atoms with Gasteiger partial charge in [0.1, 0.15) is 4.99 Å². The molecule has 0 aromatic rings. The van der Waals surface area contributed by atoms with Gasteiger partial charge in [-0.15, -0.1) is 0 Å². The predicted molar refractivity (Wildman–Crippen MR) is 69.9 cm³/mol. The Morgan fingerprint density at radius 3 is 2.56 bits per heavy atom. The summed E-state index contributed by atoms with van der Waals surface area (Å²) >= 11 is 5.42. The summed E-state index contributed by atoms with van der Waals surface area (Å²) in [5, 5.41) is 3.33. The van der Waals surface area contributed by atoms with Crippen LogP contribution in [0.1, 0.15) is 32.1 Å². The van der Waals surface area contributed by atoms with E-state index in [9.17, 15) is 0 Å². The first kappa shape index (κ1) is 12.3. The zero-order valence-corrected chi connectivity index (χ0v) is 10.7. The Balaban J connectivity index is 1.65. The van der Waals surface area contributed by atoms with Gasteiger partial charge in [0.05, 0.1) is 12.7 Å². The molecule has 1 aliphatic carbocycles. The maximum absolute atomic E-state index is 5.89. The molecule has 0 atom stereocenters. The Bertz CT molecular complexity index is 223. The van der Waals surface area contributed by atoms with Gasteiger partial charge in [0.15, 0.2) is 0 Å². The quantitative estimate of drug-likeness (QED) is 0.759. The number of hydrogen-bond donors (Lipinski definition) is 1. The SMILES string of the molecule is S=C(COC1CCCCC1)N1CCNCC1. The zero-order valence-electron chi connectivity index (χ0n) is 9.91. The standard InChI is InChI=1S/C12H22N2OS/c16-12(14-8-6-13-7-9-14)10-15-11-4-2-1-3-5-11/h11,13H,1-10H2. The van der Waals surface area contributed by atoms with Crippen LogP contribution in [0.25, 0.3) is 0 Å². The lowest BCUT2D eigenvalue weighted by molar-refractivity contribution is 0.0496. The molecule has 1 aliphatic heterocycles. The Hall–Kier alpha value is -0.190. The molecule has 2 fully saturated rings. The Kier molecular flexibility index (Phi) is 5.00. The lowest BCUT2D eigenvalue weighted by atomic mass is 9.98. The topological polar surface area (TPSA) is 24.5 Å². The van der Waals surface area contributed by atoms with Crippen LogP contribution in [0.5, 0.6) is 0 Å². The monoisotopic (exact) mass is 242 g/mol. The minimum Gasteiger partial charge on any atom is -0.371 e. The number of ether oxygens (including phenoxy) is 1. The summed E-state index contributed by atoms with van der Waals surface area (Å²) in [6.07, 6.45) is 6.95. The average molecular weight is 242 g/mol. The summed E-state index contributed by atoms with van der Waals surface area (Å²) in [6, 6.07) is 0. The van der Waals surface area contributed by atoms with Gasteiger partial charge in [-0.05, 0) is 12.8 Å². The van der Waals surface area contributed by atoms with Gasteiger partial charge in [-0.1, -0.05) is 31.5 Å². The van der Waals surface area contributed by atoms with E-state index in [0.29, 0.717) is 12.7 Å². The highest BCUT2D eigenvalue weighted by atomic mass is 32.1. The molecule has 1 N–H and O–H groups in total. The third-order valence-electron chi connectivity index (χ3n) is 3.46. The van der Waals surface area contributed by atoms with E-state index in [1.807, 2.05) is 0 Å². The third kappa shape index (κ3) is 3.68. The van der Waals surface area contributed by atoms with Gasteiger partial charge in [-0.25, -0.2) is 0 Å². The first-order valence-electron chi connectivity index (χ1n) is 6.46. The predicted octanol–water partition coefficient (Wildman–Crippen LogP) is 1.57. The Labute approximate surface area is 104 Å². The molecule has 0 radical (unpaired) electrons. The summed E-state index contributed by atoms with van der Waals surface area (Å²) in [5.74, 6) is 0. The molecular formula is C12H22N2OS. The van der Waals surface area contributed by atoms with E-state index in [1.54, 1.807) is 0 Å². The molecule has 1 saturated heterocycles. The van der Waals surface area contributed by atoms with Gasteiger partial charge in [0.25, 0.3) is 0 Å². The van der Waals surface area contributed by atoms with E-state index in [4.69, 9.17) is 17.0 Å². The summed E-state index contributed by atoms with van der Waals surface area (Å²) in [7, 11) is 0. The minimum absolute atomic E-state index is 0.467. The maximum Gasteiger partial charge on any atom is 0.104 e. The second-order valence-electron chi connectivity index (χ2n) is 4.70. The Morgan fingerprint density at radius 2 is 1.88 bits per heavy atom. The van der Waals surface area contributed by atoms with Crippen LogP contribution in [0.2, 0.25) is 0 Å². The highest BCUT2D eigenvalue weighted by molar-refractivity contribution is 7.80. The fourth-order valence-corrected chi connectivity index (χ4v) is 2.68. The average Bonchev–Trinajstić information content (AvgIpc) is 2.38. The highest BCUT2D eigenvalue weighted by Gasteiger charge is 2.17. The van der Waals surface area contributed by atoms with Gasteiger partial charge in [-0.3, -0.25) is 0 Å². The minimum atomic E-state index is 0.467. The van der Waals surface area contributed by atoms with Crippen molar-refractivity contribution in [2.24, 2.45) is 0 Å². The molecule has 0 aromatic heterocycles. The van der Waals surface area contributed by atoms with Crippen molar-refractivity contribution >= 4 is 17.2 Å². The number of piperazine rings is 1. The molecule has 3 nitrogen and oxygen atoms in total. The van der Waals surface area contributed by atoms with Crippen molar-refractivity contribution in [2.45, 2.75) is 38.2 Å². The lowest BCUT2D eigenvalue weighted by Crippen LogP contribution is -2.47. The molecule has 0 spiro atoms. The second kappa shape index (κ2) is 6.52. The van der Waals surface area contributed by atoms with Crippen molar-refractivity contribution < 1.29 is 4.74 Å². The van der Waals surface area contributed by atoms with Crippen molar-refractivity contribution in [1.82, 2.24) is 10.2 Å². The van der Waals surface area contributed by atoms with Gasteiger partial charge < -0.3 is 15.0 Å². The second-order valence-corrected chi connectivity index (χ2v) is 5.17. The van der Waals surface area contributed by atoms with Crippen LogP contribution in [-0.4, -0.2) is 48.8 Å². The van der Waals surface area contributed by atoms with Crippen LogP contribution in [0, 0.1) is 0 Å². The van der Waals surface area contributed by atoms with E-state index in [2.05, 4.69) is 10.2 Å². The van der Waals surface area contributed by atoms with Crippen molar-refractivity contribution in [3.8, 4) is 0 Å². The molecule has 16 heavy (non-hydrogen) atoms. The van der Waals surface area contributed by atoms with Crippen LogP contribution in [0.3, 0.4) is 0 Å². The van der Waals surface area contributed by atoms with E-state index in [-0.39, 0.29) is 0 Å². The van der Waals surface area contributed by atoms with E-state index < -0.39 is 0 Å². The number of hydrogen-bond acceptors (Lipinski definition) is 3. The fraction of sp³-hybridized carbons (Fsp3) is 0.917. The first-order valence-corrected chi connectivity index (χ1v) is 6.87. The summed E-state index contributed by atoms with van der Waals surface area (Å²) in [5.41, 5.74) is 0. The summed E-state index contributed by atoms with van der Waals surface area (Å²) in [6.45, 7) is 4.81. The summed E-state index contributed by atoms with van der Waals surface area (Å²) in [4.78, 5) is 3.27. The first-order chi connectivity index (χ1) is 7.86. The van der Waals surface area contributed by atoms with Crippen LogP contribution in [-0.2, 0) is 4.74 Å². The molecule has 2 rings (SSSR count). The molecule has 4 heteroatoms. The fourth-order valence-electron chi connectivity index (χ4n) is 2.43. The van der Waals surface area contributed by atoms with Crippen LogP contribution < -0.4 is 5.32 Å². The number of nitrogens with one attached hydrogen (secondary N) is 1. The molecule has 2 aliphatic rings. The van der Waals surface area contributed by atoms with E-state index in [0.717, 1.165) is 31.2 Å². The molecule has 0 unspecified atom stereocenters. The van der Waals surface area contributed by atoms with Gasteiger partial charge in [0, 0.05) is 26.2 Å². The summed E-state index contributed by atoms with van der Waals surface area (Å²) < 4.78 is 5.89. The molecular weight excluding hydrogens is 220 g/mol. The Morgan fingerprint density at radius 1 is 1.19 bits per heavy atom. The van der Waals surface area contributed by atoms with Crippen LogP contribution in [0.4, 0.5) is 0 Å².